The zero-order valence-electron chi connectivity index (χ0n) is 15.6. The van der Waals surface area contributed by atoms with Crippen molar-refractivity contribution in [1.29, 1.82) is 0 Å². The molecule has 2 N–H and O–H groups in total. The zero-order valence-corrected chi connectivity index (χ0v) is 15.6. The molecule has 1 atom stereocenters. The fourth-order valence-corrected chi connectivity index (χ4v) is 3.14. The lowest BCUT2D eigenvalue weighted by atomic mass is 9.90. The number of halogens is 5. The molecular formula is C20H20F5NO2. The summed E-state index contributed by atoms with van der Waals surface area (Å²) in [7, 11) is 0. The Morgan fingerprint density at radius 3 is 2.18 bits per heavy atom. The van der Waals surface area contributed by atoms with Crippen molar-refractivity contribution in [2.45, 2.75) is 39.4 Å². The third kappa shape index (κ3) is 4.67. The number of aryl methyl sites for hydroxylation is 2. The fraction of sp³-hybridized carbons (Fsp3) is 0.350. The highest BCUT2D eigenvalue weighted by atomic mass is 19.4. The van der Waals surface area contributed by atoms with Crippen LogP contribution in [0.15, 0.2) is 24.3 Å². The number of hydrogen-bond donors (Lipinski definition) is 1. The number of nitrogens with two attached hydrogens (primary N) is 1. The molecule has 0 radical (unpaired) electrons. The number of esters is 1. The summed E-state index contributed by atoms with van der Waals surface area (Å²) in [6.45, 7) is 4.71. The van der Waals surface area contributed by atoms with E-state index in [1.54, 1.807) is 20.8 Å². The van der Waals surface area contributed by atoms with Crippen LogP contribution in [0.5, 0.6) is 0 Å². The Hall–Kier alpha value is -2.48. The Balaban J connectivity index is 2.67. The lowest BCUT2D eigenvalue weighted by Gasteiger charge is -2.20. The van der Waals surface area contributed by atoms with E-state index in [-0.39, 0.29) is 12.2 Å². The van der Waals surface area contributed by atoms with E-state index < -0.39 is 47.4 Å². The second-order valence-electron chi connectivity index (χ2n) is 6.45. The van der Waals surface area contributed by atoms with Crippen molar-refractivity contribution in [3.05, 3.63) is 58.2 Å². The van der Waals surface area contributed by atoms with Crippen molar-refractivity contribution in [2.75, 3.05) is 6.61 Å². The molecule has 0 aliphatic heterocycles. The molecule has 2 aromatic rings. The molecule has 8 heteroatoms. The number of carbonyl (C=O) groups excluding carboxylic acids is 1. The van der Waals surface area contributed by atoms with Crippen LogP contribution < -0.4 is 5.73 Å². The van der Waals surface area contributed by atoms with E-state index in [0.29, 0.717) is 22.8 Å². The maximum Gasteiger partial charge on any atom is 0.419 e. The molecular weight excluding hydrogens is 381 g/mol. The normalized spacial score (nSPS) is 12.8. The molecule has 0 aliphatic rings. The Labute approximate surface area is 159 Å². The lowest BCUT2D eigenvalue weighted by molar-refractivity contribution is -0.143. The fourth-order valence-electron chi connectivity index (χ4n) is 3.14. The number of benzene rings is 2. The second-order valence-corrected chi connectivity index (χ2v) is 6.45. The summed E-state index contributed by atoms with van der Waals surface area (Å²) in [5.74, 6) is -2.82. The lowest BCUT2D eigenvalue weighted by Crippen LogP contribution is -2.20. The third-order valence-electron chi connectivity index (χ3n) is 4.28. The molecule has 0 fully saturated rings. The Morgan fingerprint density at radius 1 is 1.11 bits per heavy atom. The predicted octanol–water partition coefficient (Wildman–Crippen LogP) is 5.22. The minimum Gasteiger partial charge on any atom is -0.466 e. The van der Waals surface area contributed by atoms with E-state index in [0.717, 1.165) is 0 Å². The molecule has 28 heavy (non-hydrogen) atoms. The first-order valence-electron chi connectivity index (χ1n) is 8.54. The largest absolute Gasteiger partial charge is 0.466 e. The highest BCUT2D eigenvalue weighted by Gasteiger charge is 2.37. The molecule has 0 amide bonds. The maximum atomic E-state index is 14.6. The van der Waals surface area contributed by atoms with Crippen LogP contribution in [0.25, 0.3) is 11.1 Å². The van der Waals surface area contributed by atoms with Crippen LogP contribution in [-0.2, 0) is 15.7 Å². The van der Waals surface area contributed by atoms with Crippen LogP contribution in [0.3, 0.4) is 0 Å². The van der Waals surface area contributed by atoms with Gasteiger partial charge in [0.25, 0.3) is 0 Å². The van der Waals surface area contributed by atoms with Gasteiger partial charge in [0.15, 0.2) is 0 Å². The average molecular weight is 401 g/mol. The molecule has 0 bridgehead atoms. The highest BCUT2D eigenvalue weighted by Crippen LogP contribution is 2.39. The van der Waals surface area contributed by atoms with Gasteiger partial charge in [-0.3, -0.25) is 4.79 Å². The SMILES string of the molecule is CCOC(=O)C[C@H](N)c1cc(-c2c(C)cc(F)cc2C)cc(C(F)(F)F)c1F. The minimum atomic E-state index is -4.97. The third-order valence-corrected chi connectivity index (χ3v) is 4.28. The molecule has 0 saturated carbocycles. The quantitative estimate of drug-likeness (QED) is 0.552. The molecule has 0 saturated heterocycles. The van der Waals surface area contributed by atoms with Gasteiger partial charge in [-0.25, -0.2) is 8.78 Å². The van der Waals surface area contributed by atoms with Gasteiger partial charge >= 0.3 is 12.1 Å². The zero-order chi connectivity index (χ0) is 21.2. The smallest absolute Gasteiger partial charge is 0.419 e. The summed E-state index contributed by atoms with van der Waals surface area (Å²) in [6.07, 6.45) is -5.45. The van der Waals surface area contributed by atoms with Gasteiger partial charge in [-0.1, -0.05) is 0 Å². The van der Waals surface area contributed by atoms with Crippen molar-refractivity contribution < 1.29 is 31.5 Å². The van der Waals surface area contributed by atoms with Crippen LogP contribution in [0.4, 0.5) is 22.0 Å². The molecule has 0 spiro atoms. The average Bonchev–Trinajstić information content (AvgIpc) is 2.54. The number of rotatable bonds is 5. The Morgan fingerprint density at radius 2 is 1.68 bits per heavy atom. The monoisotopic (exact) mass is 401 g/mol. The van der Waals surface area contributed by atoms with Crippen molar-refractivity contribution in [3.8, 4) is 11.1 Å². The van der Waals surface area contributed by atoms with Crippen LogP contribution in [0.2, 0.25) is 0 Å². The van der Waals surface area contributed by atoms with Crippen molar-refractivity contribution in [3.63, 3.8) is 0 Å². The number of ether oxygens (including phenoxy) is 1. The number of carbonyl (C=O) groups is 1. The first-order valence-corrected chi connectivity index (χ1v) is 8.54. The molecule has 2 aromatic carbocycles. The van der Waals surface area contributed by atoms with Crippen LogP contribution in [0.1, 0.15) is 41.6 Å². The van der Waals surface area contributed by atoms with E-state index in [2.05, 4.69) is 0 Å². The van der Waals surface area contributed by atoms with Crippen LogP contribution >= 0.6 is 0 Å². The first-order chi connectivity index (χ1) is 13.0. The summed E-state index contributed by atoms with van der Waals surface area (Å²) < 4.78 is 73.1. The van der Waals surface area contributed by atoms with E-state index in [1.807, 2.05) is 0 Å². The predicted molar refractivity (Wildman–Crippen MR) is 94.4 cm³/mol. The van der Waals surface area contributed by atoms with E-state index >= 15 is 0 Å². The molecule has 0 heterocycles. The van der Waals surface area contributed by atoms with E-state index in [9.17, 15) is 26.7 Å². The molecule has 2 rings (SSSR count). The Kier molecular flexibility index (Phi) is 6.44. The topological polar surface area (TPSA) is 52.3 Å². The van der Waals surface area contributed by atoms with Gasteiger partial charge in [-0.2, -0.15) is 13.2 Å². The number of hydrogen-bond acceptors (Lipinski definition) is 3. The highest BCUT2D eigenvalue weighted by molar-refractivity contribution is 5.74. The molecule has 152 valence electrons. The number of alkyl halides is 3. The van der Waals surface area contributed by atoms with Gasteiger partial charge in [0, 0.05) is 11.6 Å². The van der Waals surface area contributed by atoms with Gasteiger partial charge in [0.05, 0.1) is 18.6 Å². The van der Waals surface area contributed by atoms with Gasteiger partial charge in [0.1, 0.15) is 11.6 Å². The van der Waals surface area contributed by atoms with Gasteiger partial charge in [-0.05, 0) is 67.3 Å². The van der Waals surface area contributed by atoms with Crippen LogP contribution in [0, 0.1) is 25.5 Å². The van der Waals surface area contributed by atoms with Crippen molar-refractivity contribution in [1.82, 2.24) is 0 Å². The van der Waals surface area contributed by atoms with Crippen LogP contribution in [-0.4, -0.2) is 12.6 Å². The summed E-state index contributed by atoms with van der Waals surface area (Å²) >= 11 is 0. The van der Waals surface area contributed by atoms with E-state index in [4.69, 9.17) is 10.5 Å². The summed E-state index contributed by atoms with van der Waals surface area (Å²) in [4.78, 5) is 11.6. The second kappa shape index (κ2) is 8.26. The summed E-state index contributed by atoms with van der Waals surface area (Å²) in [5, 5.41) is 0. The van der Waals surface area contributed by atoms with E-state index in [1.165, 1.54) is 18.2 Å². The minimum absolute atomic E-state index is 0.0398. The van der Waals surface area contributed by atoms with Crippen molar-refractivity contribution in [2.24, 2.45) is 5.73 Å². The summed E-state index contributed by atoms with van der Waals surface area (Å²) in [5.41, 5.74) is 5.03. The molecule has 0 aliphatic carbocycles. The molecule has 0 unspecified atom stereocenters. The molecule has 3 nitrogen and oxygen atoms in total. The first kappa shape index (κ1) is 21.8. The van der Waals surface area contributed by atoms with Gasteiger partial charge in [0.2, 0.25) is 0 Å². The van der Waals surface area contributed by atoms with Gasteiger partial charge < -0.3 is 10.5 Å². The van der Waals surface area contributed by atoms with Crippen molar-refractivity contribution >= 4 is 5.97 Å². The molecule has 0 aromatic heterocycles. The Bertz CT molecular complexity index is 870. The maximum absolute atomic E-state index is 14.6. The van der Waals surface area contributed by atoms with Gasteiger partial charge in [-0.15, -0.1) is 0 Å². The standard InChI is InChI=1S/C20H20F5NO2/c1-4-28-17(27)9-16(26)14-7-12(8-15(19(14)22)20(23,24)25)18-10(2)5-13(21)6-11(18)3/h5-8,16H,4,9,26H2,1-3H3/t16-/m0/s1. The summed E-state index contributed by atoms with van der Waals surface area (Å²) in [6, 6.07) is 2.86.